The van der Waals surface area contributed by atoms with Crippen molar-refractivity contribution in [3.63, 3.8) is 0 Å². The number of amides is 1. The van der Waals surface area contributed by atoms with Crippen molar-refractivity contribution in [1.29, 1.82) is 0 Å². The van der Waals surface area contributed by atoms with Gasteiger partial charge in [0.05, 0.1) is 6.54 Å². The van der Waals surface area contributed by atoms with E-state index in [9.17, 15) is 4.79 Å². The quantitative estimate of drug-likeness (QED) is 0.806. The molecular weight excluding hydrogens is 240 g/mol. The number of nitrogens with one attached hydrogen (secondary N) is 1. The lowest BCUT2D eigenvalue weighted by Crippen LogP contribution is -2.48. The summed E-state index contributed by atoms with van der Waals surface area (Å²) < 4.78 is 0. The number of piperazine rings is 1. The van der Waals surface area contributed by atoms with Crippen molar-refractivity contribution in [3.05, 3.63) is 17.0 Å². The smallest absolute Gasteiger partial charge is 0.239 e. The largest absolute Gasteiger partial charge is 0.353 e. The van der Waals surface area contributed by atoms with Crippen LogP contribution in [0.3, 0.4) is 0 Å². The van der Waals surface area contributed by atoms with Gasteiger partial charge in [0.1, 0.15) is 17.3 Å². The zero-order valence-electron chi connectivity index (χ0n) is 9.90. The predicted octanol–water partition coefficient (Wildman–Crippen LogP) is 1.19. The SMILES string of the molecule is CC(C)c1c(Cl)ncnc1N1CCNC(=O)C1. The van der Waals surface area contributed by atoms with Gasteiger partial charge < -0.3 is 10.2 Å². The Kier molecular flexibility index (Phi) is 3.47. The molecule has 5 nitrogen and oxygen atoms in total. The molecule has 0 spiro atoms. The van der Waals surface area contributed by atoms with E-state index >= 15 is 0 Å². The van der Waals surface area contributed by atoms with Crippen LogP contribution in [0.15, 0.2) is 6.33 Å². The highest BCUT2D eigenvalue weighted by Gasteiger charge is 2.23. The monoisotopic (exact) mass is 254 g/mol. The molecule has 0 saturated carbocycles. The van der Waals surface area contributed by atoms with Gasteiger partial charge in [-0.1, -0.05) is 25.4 Å². The third-order valence-electron chi connectivity index (χ3n) is 2.73. The standard InChI is InChI=1S/C11H15ClN4O/c1-7(2)9-10(12)14-6-15-11(9)16-4-3-13-8(17)5-16/h6-7H,3-5H2,1-2H3,(H,13,17). The van der Waals surface area contributed by atoms with Crippen molar-refractivity contribution in [2.75, 3.05) is 24.5 Å². The lowest BCUT2D eigenvalue weighted by molar-refractivity contribution is -0.120. The van der Waals surface area contributed by atoms with E-state index in [0.29, 0.717) is 18.2 Å². The molecule has 1 N–H and O–H groups in total. The molecule has 1 aromatic heterocycles. The highest BCUT2D eigenvalue weighted by atomic mass is 35.5. The molecular formula is C11H15ClN4O. The minimum Gasteiger partial charge on any atom is -0.353 e. The van der Waals surface area contributed by atoms with E-state index in [1.165, 1.54) is 6.33 Å². The van der Waals surface area contributed by atoms with Crippen molar-refractivity contribution in [1.82, 2.24) is 15.3 Å². The first-order valence-corrected chi connectivity index (χ1v) is 5.99. The molecule has 0 aromatic carbocycles. The molecule has 92 valence electrons. The van der Waals surface area contributed by atoms with Crippen LogP contribution in [0.1, 0.15) is 25.3 Å². The highest BCUT2D eigenvalue weighted by molar-refractivity contribution is 6.30. The van der Waals surface area contributed by atoms with E-state index in [2.05, 4.69) is 15.3 Å². The fourth-order valence-electron chi connectivity index (χ4n) is 1.93. The van der Waals surface area contributed by atoms with Gasteiger partial charge in [0, 0.05) is 18.7 Å². The summed E-state index contributed by atoms with van der Waals surface area (Å²) in [5.41, 5.74) is 0.906. The molecule has 6 heteroatoms. The van der Waals surface area contributed by atoms with E-state index in [0.717, 1.165) is 17.9 Å². The summed E-state index contributed by atoms with van der Waals surface area (Å²) in [6.07, 6.45) is 1.44. The molecule has 1 fully saturated rings. The summed E-state index contributed by atoms with van der Waals surface area (Å²) >= 11 is 6.10. The molecule has 0 aliphatic carbocycles. The lowest BCUT2D eigenvalue weighted by atomic mass is 10.1. The van der Waals surface area contributed by atoms with Crippen LogP contribution in [0.2, 0.25) is 5.15 Å². The van der Waals surface area contributed by atoms with E-state index < -0.39 is 0 Å². The first kappa shape index (κ1) is 12.1. The van der Waals surface area contributed by atoms with Gasteiger partial charge >= 0.3 is 0 Å². The van der Waals surface area contributed by atoms with Crippen LogP contribution >= 0.6 is 11.6 Å². The molecule has 0 bridgehead atoms. The van der Waals surface area contributed by atoms with Crippen molar-refractivity contribution in [2.24, 2.45) is 0 Å². The van der Waals surface area contributed by atoms with Gasteiger partial charge in [0.2, 0.25) is 5.91 Å². The molecule has 2 rings (SSSR count). The molecule has 1 aliphatic heterocycles. The Morgan fingerprint density at radius 2 is 2.24 bits per heavy atom. The number of rotatable bonds is 2. The third kappa shape index (κ3) is 2.49. The van der Waals surface area contributed by atoms with Gasteiger partial charge in [-0.2, -0.15) is 0 Å². The van der Waals surface area contributed by atoms with Crippen molar-refractivity contribution in [2.45, 2.75) is 19.8 Å². The predicted molar refractivity (Wildman–Crippen MR) is 66.4 cm³/mol. The van der Waals surface area contributed by atoms with Crippen molar-refractivity contribution in [3.8, 4) is 0 Å². The Balaban J connectivity index is 2.37. The normalized spacial score (nSPS) is 16.2. The Hall–Kier alpha value is -1.36. The first-order chi connectivity index (χ1) is 8.09. The summed E-state index contributed by atoms with van der Waals surface area (Å²) in [6, 6.07) is 0. The molecule has 0 atom stereocenters. The first-order valence-electron chi connectivity index (χ1n) is 5.61. The van der Waals surface area contributed by atoms with E-state index in [4.69, 9.17) is 11.6 Å². The second kappa shape index (κ2) is 4.87. The number of carbonyl (C=O) groups is 1. The van der Waals surface area contributed by atoms with E-state index in [1.54, 1.807) is 0 Å². The molecule has 0 unspecified atom stereocenters. The molecule has 1 aliphatic rings. The summed E-state index contributed by atoms with van der Waals surface area (Å²) in [6.45, 7) is 5.79. The number of carbonyl (C=O) groups excluding carboxylic acids is 1. The van der Waals surface area contributed by atoms with E-state index in [-0.39, 0.29) is 11.8 Å². The van der Waals surface area contributed by atoms with Gasteiger partial charge in [-0.25, -0.2) is 9.97 Å². The van der Waals surface area contributed by atoms with Crippen LogP contribution in [0.25, 0.3) is 0 Å². The number of nitrogens with zero attached hydrogens (tertiary/aromatic N) is 3. The second-order valence-electron chi connectivity index (χ2n) is 4.33. The van der Waals surface area contributed by atoms with Gasteiger partial charge in [0.15, 0.2) is 0 Å². The van der Waals surface area contributed by atoms with Gasteiger partial charge in [0.25, 0.3) is 0 Å². The number of aromatic nitrogens is 2. The van der Waals surface area contributed by atoms with Gasteiger partial charge in [-0.15, -0.1) is 0 Å². The zero-order valence-corrected chi connectivity index (χ0v) is 10.7. The lowest BCUT2D eigenvalue weighted by Gasteiger charge is -2.30. The number of hydrogen-bond acceptors (Lipinski definition) is 4. The minimum atomic E-state index is 0.0145. The second-order valence-corrected chi connectivity index (χ2v) is 4.69. The zero-order chi connectivity index (χ0) is 12.4. The Bertz CT molecular complexity index is 435. The fourth-order valence-corrected chi connectivity index (χ4v) is 2.28. The topological polar surface area (TPSA) is 58.1 Å². The number of halogens is 1. The van der Waals surface area contributed by atoms with Crippen LogP contribution < -0.4 is 10.2 Å². The van der Waals surface area contributed by atoms with Crippen LogP contribution in [0.4, 0.5) is 5.82 Å². The number of hydrogen-bond donors (Lipinski definition) is 1. The summed E-state index contributed by atoms with van der Waals surface area (Å²) in [5, 5.41) is 3.26. The van der Waals surface area contributed by atoms with E-state index in [1.807, 2.05) is 18.7 Å². The summed E-state index contributed by atoms with van der Waals surface area (Å²) in [5.74, 6) is 1.01. The van der Waals surface area contributed by atoms with Crippen molar-refractivity contribution >= 4 is 23.3 Å². The summed E-state index contributed by atoms with van der Waals surface area (Å²) in [4.78, 5) is 21.6. The van der Waals surface area contributed by atoms with Crippen LogP contribution in [0.5, 0.6) is 0 Å². The molecule has 17 heavy (non-hydrogen) atoms. The molecule has 2 heterocycles. The summed E-state index contributed by atoms with van der Waals surface area (Å²) in [7, 11) is 0. The molecule has 1 amide bonds. The molecule has 1 aromatic rings. The maximum Gasteiger partial charge on any atom is 0.239 e. The highest BCUT2D eigenvalue weighted by Crippen LogP contribution is 2.30. The Morgan fingerprint density at radius 3 is 2.88 bits per heavy atom. The van der Waals surface area contributed by atoms with Crippen LogP contribution in [-0.4, -0.2) is 35.5 Å². The Morgan fingerprint density at radius 1 is 1.47 bits per heavy atom. The van der Waals surface area contributed by atoms with Gasteiger partial charge in [-0.3, -0.25) is 4.79 Å². The number of anilines is 1. The van der Waals surface area contributed by atoms with Crippen LogP contribution in [0, 0.1) is 0 Å². The maximum atomic E-state index is 11.4. The van der Waals surface area contributed by atoms with Gasteiger partial charge in [-0.05, 0) is 5.92 Å². The minimum absolute atomic E-state index is 0.0145. The maximum absolute atomic E-state index is 11.4. The average Bonchev–Trinajstić information content (AvgIpc) is 2.28. The third-order valence-corrected chi connectivity index (χ3v) is 3.03. The van der Waals surface area contributed by atoms with Crippen LogP contribution in [-0.2, 0) is 4.79 Å². The molecule has 0 radical (unpaired) electrons. The molecule has 1 saturated heterocycles. The van der Waals surface area contributed by atoms with Crippen molar-refractivity contribution < 1.29 is 4.79 Å². The fraction of sp³-hybridized carbons (Fsp3) is 0.545. The average molecular weight is 255 g/mol. The Labute approximate surface area is 105 Å².